The number of amides is 2. The summed E-state index contributed by atoms with van der Waals surface area (Å²) in [5.74, 6) is 1.08. The van der Waals surface area contributed by atoms with E-state index >= 15 is 0 Å². The molecule has 172 valence electrons. The number of nitrogens with zero attached hydrogens (tertiary/aromatic N) is 1. The first-order valence-electron chi connectivity index (χ1n) is 10.1. The van der Waals surface area contributed by atoms with Crippen molar-refractivity contribution in [3.63, 3.8) is 0 Å². The van der Waals surface area contributed by atoms with Crippen molar-refractivity contribution in [2.45, 2.75) is 20.5 Å². The molecule has 0 saturated carbocycles. The van der Waals surface area contributed by atoms with E-state index in [0.29, 0.717) is 43.9 Å². The Morgan fingerprint density at radius 2 is 1.79 bits per heavy atom. The van der Waals surface area contributed by atoms with Crippen LogP contribution < -0.4 is 20.2 Å². The number of nitrogens with one attached hydrogen (secondary N) is 2. The standard InChI is InChI=1S/C24H22BrCl2N3O3/c1-3-32-22-10-17(13-28-30-24(31)29-19-8-4-15(2)5-9-19)20(25)12-23(22)33-14-16-6-7-18(26)11-21(16)27/h4-13H,3,14H2,1-2H3,(H2,29,30,31)/b28-13-. The third-order valence-corrected chi connectivity index (χ3v) is 5.71. The van der Waals surface area contributed by atoms with E-state index in [9.17, 15) is 4.79 Å². The Morgan fingerprint density at radius 1 is 1.06 bits per heavy atom. The zero-order valence-electron chi connectivity index (χ0n) is 18.0. The van der Waals surface area contributed by atoms with Gasteiger partial charge in [-0.3, -0.25) is 0 Å². The van der Waals surface area contributed by atoms with E-state index < -0.39 is 6.03 Å². The van der Waals surface area contributed by atoms with E-state index in [0.717, 1.165) is 11.1 Å². The number of carbonyl (C=O) groups excluding carboxylic acids is 1. The number of hydrogen-bond acceptors (Lipinski definition) is 4. The lowest BCUT2D eigenvalue weighted by Crippen LogP contribution is -2.24. The van der Waals surface area contributed by atoms with Gasteiger partial charge in [0, 0.05) is 31.3 Å². The minimum atomic E-state index is -0.448. The molecule has 3 aromatic rings. The third-order valence-electron chi connectivity index (χ3n) is 4.44. The Hall–Kier alpha value is -2.74. The summed E-state index contributed by atoms with van der Waals surface area (Å²) in [4.78, 5) is 12.1. The molecule has 0 heterocycles. The highest BCUT2D eigenvalue weighted by Crippen LogP contribution is 2.34. The van der Waals surface area contributed by atoms with Crippen molar-refractivity contribution in [2.75, 3.05) is 11.9 Å². The molecular formula is C24H22BrCl2N3O3. The van der Waals surface area contributed by atoms with Crippen molar-refractivity contribution in [1.29, 1.82) is 0 Å². The largest absolute Gasteiger partial charge is 0.490 e. The smallest absolute Gasteiger partial charge is 0.339 e. The van der Waals surface area contributed by atoms with Gasteiger partial charge >= 0.3 is 6.03 Å². The SMILES string of the molecule is CCOc1cc(/C=N\NC(=O)Nc2ccc(C)cc2)c(Br)cc1OCc1ccc(Cl)cc1Cl. The maximum atomic E-state index is 12.1. The number of anilines is 1. The average molecular weight is 551 g/mol. The van der Waals surface area contributed by atoms with Crippen LogP contribution in [0.4, 0.5) is 10.5 Å². The number of hydrazone groups is 1. The molecule has 0 atom stereocenters. The topological polar surface area (TPSA) is 72.0 Å². The maximum absolute atomic E-state index is 12.1. The van der Waals surface area contributed by atoms with Crippen LogP contribution in [0.2, 0.25) is 10.0 Å². The molecule has 0 aromatic heterocycles. The number of halogens is 3. The molecule has 0 aliphatic carbocycles. The predicted molar refractivity (Wildman–Crippen MR) is 137 cm³/mol. The zero-order chi connectivity index (χ0) is 23.8. The lowest BCUT2D eigenvalue weighted by atomic mass is 10.2. The number of benzene rings is 3. The molecule has 0 fully saturated rings. The molecule has 0 unspecified atom stereocenters. The highest BCUT2D eigenvalue weighted by Gasteiger charge is 2.12. The molecule has 2 amide bonds. The van der Waals surface area contributed by atoms with Gasteiger partial charge in [0.2, 0.25) is 0 Å². The molecular weight excluding hydrogens is 529 g/mol. The first kappa shape index (κ1) is 24.9. The van der Waals surface area contributed by atoms with Crippen LogP contribution in [0.5, 0.6) is 11.5 Å². The maximum Gasteiger partial charge on any atom is 0.339 e. The molecule has 0 aliphatic rings. The highest BCUT2D eigenvalue weighted by atomic mass is 79.9. The van der Waals surface area contributed by atoms with Gasteiger partial charge in [0.05, 0.1) is 12.8 Å². The van der Waals surface area contributed by atoms with E-state index in [2.05, 4.69) is 31.8 Å². The number of rotatable bonds is 8. The zero-order valence-corrected chi connectivity index (χ0v) is 21.1. The summed E-state index contributed by atoms with van der Waals surface area (Å²) in [6.07, 6.45) is 1.52. The lowest BCUT2D eigenvalue weighted by Gasteiger charge is -2.14. The quantitative estimate of drug-likeness (QED) is 0.230. The van der Waals surface area contributed by atoms with E-state index in [1.54, 1.807) is 24.3 Å². The third kappa shape index (κ3) is 7.39. The molecule has 0 bridgehead atoms. The van der Waals surface area contributed by atoms with E-state index in [1.807, 2.05) is 44.2 Å². The summed E-state index contributed by atoms with van der Waals surface area (Å²) < 4.78 is 12.4. The van der Waals surface area contributed by atoms with Gasteiger partial charge in [0.25, 0.3) is 0 Å². The van der Waals surface area contributed by atoms with Gasteiger partial charge in [-0.2, -0.15) is 5.10 Å². The second-order valence-electron chi connectivity index (χ2n) is 6.97. The fraction of sp³-hybridized carbons (Fsp3) is 0.167. The minimum Gasteiger partial charge on any atom is -0.490 e. The molecule has 3 rings (SSSR count). The van der Waals surface area contributed by atoms with E-state index in [-0.39, 0.29) is 6.61 Å². The number of carbonyl (C=O) groups is 1. The van der Waals surface area contributed by atoms with Crippen molar-refractivity contribution in [2.24, 2.45) is 5.10 Å². The van der Waals surface area contributed by atoms with E-state index in [1.165, 1.54) is 6.21 Å². The lowest BCUT2D eigenvalue weighted by molar-refractivity contribution is 0.252. The van der Waals surface area contributed by atoms with Gasteiger partial charge in [0.1, 0.15) is 6.61 Å². The molecule has 3 aromatic carbocycles. The van der Waals surface area contributed by atoms with Gasteiger partial charge < -0.3 is 14.8 Å². The summed E-state index contributed by atoms with van der Waals surface area (Å²) in [6, 6.07) is 15.8. The molecule has 2 N–H and O–H groups in total. The van der Waals surface area contributed by atoms with Crippen molar-refractivity contribution >= 4 is 57.1 Å². The van der Waals surface area contributed by atoms with Crippen molar-refractivity contribution in [3.05, 3.63) is 85.8 Å². The second kappa shape index (κ2) is 11.9. The van der Waals surface area contributed by atoms with Gasteiger partial charge in [-0.25, -0.2) is 10.2 Å². The monoisotopic (exact) mass is 549 g/mol. The molecule has 0 spiro atoms. The fourth-order valence-corrected chi connectivity index (χ4v) is 3.67. The fourth-order valence-electron chi connectivity index (χ4n) is 2.78. The molecule has 0 saturated heterocycles. The number of urea groups is 1. The summed E-state index contributed by atoms with van der Waals surface area (Å²) in [6.45, 7) is 4.56. The van der Waals surface area contributed by atoms with Crippen LogP contribution in [-0.2, 0) is 6.61 Å². The van der Waals surface area contributed by atoms with Crippen LogP contribution in [0.25, 0.3) is 0 Å². The Bertz CT molecular complexity index is 1150. The number of hydrogen-bond donors (Lipinski definition) is 2. The van der Waals surface area contributed by atoms with Crippen LogP contribution in [0.15, 0.2) is 64.2 Å². The summed E-state index contributed by atoms with van der Waals surface area (Å²) >= 11 is 15.7. The first-order chi connectivity index (χ1) is 15.9. The molecule has 6 nitrogen and oxygen atoms in total. The normalized spacial score (nSPS) is 10.8. The Balaban J connectivity index is 1.67. The molecule has 0 aliphatic heterocycles. The van der Waals surface area contributed by atoms with Gasteiger partial charge in [0.15, 0.2) is 11.5 Å². The van der Waals surface area contributed by atoms with Crippen LogP contribution in [-0.4, -0.2) is 18.9 Å². The molecule has 0 radical (unpaired) electrons. The molecule has 9 heteroatoms. The Labute approximate surface area is 211 Å². The highest BCUT2D eigenvalue weighted by molar-refractivity contribution is 9.10. The van der Waals surface area contributed by atoms with E-state index in [4.69, 9.17) is 32.7 Å². The van der Waals surface area contributed by atoms with Crippen LogP contribution in [0.3, 0.4) is 0 Å². The summed E-state index contributed by atoms with van der Waals surface area (Å²) in [5.41, 5.74) is 5.73. The van der Waals surface area contributed by atoms with Crippen molar-refractivity contribution in [1.82, 2.24) is 5.43 Å². The van der Waals surface area contributed by atoms with Gasteiger partial charge in [-0.1, -0.05) is 47.0 Å². The van der Waals surface area contributed by atoms with Crippen LogP contribution in [0, 0.1) is 6.92 Å². The second-order valence-corrected chi connectivity index (χ2v) is 8.67. The van der Waals surface area contributed by atoms with Crippen LogP contribution in [0.1, 0.15) is 23.6 Å². The van der Waals surface area contributed by atoms with Gasteiger partial charge in [-0.05, 0) is 66.2 Å². The van der Waals surface area contributed by atoms with Crippen LogP contribution >= 0.6 is 39.1 Å². The Morgan fingerprint density at radius 3 is 2.48 bits per heavy atom. The summed E-state index contributed by atoms with van der Waals surface area (Å²) in [7, 11) is 0. The van der Waals surface area contributed by atoms with Crippen molar-refractivity contribution < 1.29 is 14.3 Å². The Kier molecular flexibility index (Phi) is 9.00. The molecule has 33 heavy (non-hydrogen) atoms. The first-order valence-corrected chi connectivity index (χ1v) is 11.6. The summed E-state index contributed by atoms with van der Waals surface area (Å²) in [5, 5.41) is 7.82. The van der Waals surface area contributed by atoms with Gasteiger partial charge in [-0.15, -0.1) is 0 Å². The number of aryl methyl sites for hydroxylation is 1. The predicted octanol–water partition coefficient (Wildman–Crippen LogP) is 7.20. The van der Waals surface area contributed by atoms with Crippen molar-refractivity contribution in [3.8, 4) is 11.5 Å². The number of ether oxygens (including phenoxy) is 2. The minimum absolute atomic E-state index is 0.247. The average Bonchev–Trinajstić information content (AvgIpc) is 2.77.